The summed E-state index contributed by atoms with van der Waals surface area (Å²) in [6.45, 7) is 0. The highest BCUT2D eigenvalue weighted by Gasteiger charge is 2.14. The fraction of sp³-hybridized carbons (Fsp3) is 0.222. The summed E-state index contributed by atoms with van der Waals surface area (Å²) in [7, 11) is 6.41. The average Bonchev–Trinajstić information content (AvgIpc) is 2.72. The Bertz CT molecular complexity index is 989. The second kappa shape index (κ2) is 8.53. The minimum Gasteiger partial charge on any atom is -0.493 e. The van der Waals surface area contributed by atoms with Crippen molar-refractivity contribution >= 4 is 45.8 Å². The van der Waals surface area contributed by atoms with Crippen LogP contribution in [0, 0.1) is 0 Å². The van der Waals surface area contributed by atoms with Crippen LogP contribution in [-0.2, 0) is 0 Å². The summed E-state index contributed by atoms with van der Waals surface area (Å²) in [5, 5.41) is 9.45. The van der Waals surface area contributed by atoms with Gasteiger partial charge in [-0.15, -0.1) is 0 Å². The van der Waals surface area contributed by atoms with Crippen LogP contribution in [0.4, 0.5) is 17.3 Å². The van der Waals surface area contributed by atoms with Gasteiger partial charge in [0, 0.05) is 24.9 Å². The van der Waals surface area contributed by atoms with Gasteiger partial charge in [0.2, 0.25) is 5.75 Å². The number of anilines is 3. The van der Waals surface area contributed by atoms with Crippen molar-refractivity contribution in [3.05, 3.63) is 30.5 Å². The molecule has 0 unspecified atom stereocenters. The van der Waals surface area contributed by atoms with Crippen LogP contribution in [0.5, 0.6) is 17.2 Å². The Morgan fingerprint density at radius 2 is 1.64 bits per heavy atom. The Morgan fingerprint density at radius 3 is 2.25 bits per heavy atom. The van der Waals surface area contributed by atoms with E-state index in [2.05, 4.69) is 30.9 Å². The second-order valence-corrected chi connectivity index (χ2v) is 5.95. The van der Waals surface area contributed by atoms with Crippen molar-refractivity contribution in [1.82, 2.24) is 20.3 Å². The SMILES string of the molecule is CNC(=S)Nc1ccc2ncc(Nc3cc(OC)c(OC)c(OC)c3)nc2n1. The van der Waals surface area contributed by atoms with Gasteiger partial charge in [0.25, 0.3) is 0 Å². The maximum absolute atomic E-state index is 5.37. The number of fused-ring (bicyclic) bond motifs is 1. The van der Waals surface area contributed by atoms with Crippen molar-refractivity contribution in [2.75, 3.05) is 39.0 Å². The zero-order valence-corrected chi connectivity index (χ0v) is 16.7. The van der Waals surface area contributed by atoms with Gasteiger partial charge in [0.05, 0.1) is 27.5 Å². The summed E-state index contributed by atoms with van der Waals surface area (Å²) in [6, 6.07) is 7.17. The normalized spacial score (nSPS) is 10.3. The van der Waals surface area contributed by atoms with Gasteiger partial charge in [0.1, 0.15) is 11.3 Å². The molecule has 1 aromatic carbocycles. The summed E-state index contributed by atoms with van der Waals surface area (Å²) in [5.74, 6) is 2.67. The Balaban J connectivity index is 1.92. The standard InChI is InChI=1S/C18H20N6O3S/c1-19-18(28)24-14-6-5-11-17(22-14)23-15(9-20-11)21-10-7-12(25-2)16(27-4)13(8-10)26-3/h5-9H,1-4H3,(H3,19,21,22,23,24,28). The van der Waals surface area contributed by atoms with Gasteiger partial charge in [-0.1, -0.05) is 0 Å². The molecule has 0 radical (unpaired) electrons. The molecule has 28 heavy (non-hydrogen) atoms. The molecule has 0 fully saturated rings. The molecule has 0 amide bonds. The van der Waals surface area contributed by atoms with Gasteiger partial charge >= 0.3 is 0 Å². The number of aromatic nitrogens is 3. The third kappa shape index (κ3) is 4.12. The quantitative estimate of drug-likeness (QED) is 0.535. The lowest BCUT2D eigenvalue weighted by molar-refractivity contribution is 0.324. The molecule has 0 aliphatic heterocycles. The smallest absolute Gasteiger partial charge is 0.203 e. The number of ether oxygens (including phenoxy) is 3. The maximum Gasteiger partial charge on any atom is 0.203 e. The van der Waals surface area contributed by atoms with Crippen LogP contribution < -0.4 is 30.2 Å². The molecular formula is C18H20N6O3S. The molecule has 10 heteroatoms. The number of methoxy groups -OCH3 is 3. The van der Waals surface area contributed by atoms with Crippen LogP contribution in [-0.4, -0.2) is 48.4 Å². The van der Waals surface area contributed by atoms with E-state index in [-0.39, 0.29) is 0 Å². The molecular weight excluding hydrogens is 380 g/mol. The second-order valence-electron chi connectivity index (χ2n) is 5.54. The highest BCUT2D eigenvalue weighted by atomic mass is 32.1. The van der Waals surface area contributed by atoms with Gasteiger partial charge < -0.3 is 30.2 Å². The van der Waals surface area contributed by atoms with Crippen LogP contribution in [0.25, 0.3) is 11.2 Å². The molecule has 0 saturated heterocycles. The molecule has 2 heterocycles. The Kier molecular flexibility index (Phi) is 5.90. The Morgan fingerprint density at radius 1 is 0.964 bits per heavy atom. The van der Waals surface area contributed by atoms with E-state index >= 15 is 0 Å². The first-order valence-corrected chi connectivity index (χ1v) is 8.68. The largest absolute Gasteiger partial charge is 0.493 e. The van der Waals surface area contributed by atoms with E-state index in [0.29, 0.717) is 50.8 Å². The highest BCUT2D eigenvalue weighted by Crippen LogP contribution is 2.40. The van der Waals surface area contributed by atoms with Crippen LogP contribution >= 0.6 is 12.2 Å². The maximum atomic E-state index is 5.37. The molecule has 9 nitrogen and oxygen atoms in total. The van der Waals surface area contributed by atoms with Crippen molar-refractivity contribution in [3.63, 3.8) is 0 Å². The van der Waals surface area contributed by atoms with Gasteiger partial charge in [0.15, 0.2) is 28.1 Å². The number of hydrogen-bond acceptors (Lipinski definition) is 8. The average molecular weight is 400 g/mol. The molecule has 0 spiro atoms. The lowest BCUT2D eigenvalue weighted by Gasteiger charge is -2.15. The lowest BCUT2D eigenvalue weighted by atomic mass is 10.2. The first-order valence-electron chi connectivity index (χ1n) is 8.27. The molecule has 3 aromatic rings. The predicted molar refractivity (Wildman–Crippen MR) is 112 cm³/mol. The van der Waals surface area contributed by atoms with Crippen molar-refractivity contribution in [2.45, 2.75) is 0 Å². The molecule has 0 aliphatic rings. The van der Waals surface area contributed by atoms with Gasteiger partial charge in [-0.25, -0.2) is 15.0 Å². The molecule has 2 aromatic heterocycles. The number of thiocarbonyl (C=S) groups is 1. The van der Waals surface area contributed by atoms with Crippen molar-refractivity contribution in [3.8, 4) is 17.2 Å². The van der Waals surface area contributed by atoms with E-state index in [1.165, 1.54) is 0 Å². The molecule has 0 saturated carbocycles. The third-order valence-electron chi connectivity index (χ3n) is 3.81. The zero-order chi connectivity index (χ0) is 20.1. The number of benzene rings is 1. The number of nitrogens with one attached hydrogen (secondary N) is 3. The summed E-state index contributed by atoms with van der Waals surface area (Å²) >= 11 is 5.10. The van der Waals surface area contributed by atoms with Gasteiger partial charge in [-0.2, -0.15) is 0 Å². The van der Waals surface area contributed by atoms with Gasteiger partial charge in [-0.3, -0.25) is 0 Å². The zero-order valence-electron chi connectivity index (χ0n) is 15.9. The number of hydrogen-bond donors (Lipinski definition) is 3. The van der Waals surface area contributed by atoms with Crippen molar-refractivity contribution in [2.24, 2.45) is 0 Å². The van der Waals surface area contributed by atoms with Crippen LogP contribution in [0.2, 0.25) is 0 Å². The van der Waals surface area contributed by atoms with E-state index in [1.807, 2.05) is 6.07 Å². The van der Waals surface area contributed by atoms with E-state index in [1.54, 1.807) is 52.8 Å². The van der Waals surface area contributed by atoms with E-state index in [0.717, 1.165) is 0 Å². The fourth-order valence-electron chi connectivity index (χ4n) is 2.51. The summed E-state index contributed by atoms with van der Waals surface area (Å²) in [6.07, 6.45) is 1.62. The summed E-state index contributed by atoms with van der Waals surface area (Å²) in [5.41, 5.74) is 1.84. The first kappa shape index (κ1) is 19.4. The van der Waals surface area contributed by atoms with Gasteiger partial charge in [-0.05, 0) is 24.4 Å². The minimum atomic E-state index is 0.464. The molecule has 0 atom stereocenters. The Hall–Kier alpha value is -3.40. The topological polar surface area (TPSA) is 102 Å². The Labute approximate surface area is 167 Å². The lowest BCUT2D eigenvalue weighted by Crippen LogP contribution is -2.24. The molecule has 3 rings (SSSR count). The van der Waals surface area contributed by atoms with E-state index in [9.17, 15) is 0 Å². The highest BCUT2D eigenvalue weighted by molar-refractivity contribution is 7.80. The first-order chi connectivity index (χ1) is 13.6. The predicted octanol–water partition coefficient (Wildman–Crippen LogP) is 2.71. The molecule has 0 bridgehead atoms. The van der Waals surface area contributed by atoms with Crippen molar-refractivity contribution in [1.29, 1.82) is 0 Å². The van der Waals surface area contributed by atoms with Crippen LogP contribution in [0.3, 0.4) is 0 Å². The molecule has 146 valence electrons. The molecule has 0 aliphatic carbocycles. The summed E-state index contributed by atoms with van der Waals surface area (Å²) in [4.78, 5) is 13.3. The van der Waals surface area contributed by atoms with E-state index < -0.39 is 0 Å². The summed E-state index contributed by atoms with van der Waals surface area (Å²) < 4.78 is 16.1. The van der Waals surface area contributed by atoms with Crippen LogP contribution in [0.1, 0.15) is 0 Å². The van der Waals surface area contributed by atoms with E-state index in [4.69, 9.17) is 26.4 Å². The molecule has 3 N–H and O–H groups in total. The minimum absolute atomic E-state index is 0.464. The number of pyridine rings is 1. The fourth-order valence-corrected chi connectivity index (χ4v) is 2.61. The number of rotatable bonds is 6. The van der Waals surface area contributed by atoms with Crippen molar-refractivity contribution < 1.29 is 14.2 Å². The van der Waals surface area contributed by atoms with Crippen LogP contribution in [0.15, 0.2) is 30.5 Å². The number of nitrogens with zero attached hydrogens (tertiary/aromatic N) is 3. The third-order valence-corrected chi connectivity index (χ3v) is 4.12. The monoisotopic (exact) mass is 400 g/mol.